The van der Waals surface area contributed by atoms with Crippen molar-refractivity contribution in [1.82, 2.24) is 20.4 Å². The lowest BCUT2D eigenvalue weighted by molar-refractivity contribution is 0.0159. The van der Waals surface area contributed by atoms with Gasteiger partial charge >= 0.3 is 6.03 Å². The van der Waals surface area contributed by atoms with Crippen LogP contribution in [0.5, 0.6) is 0 Å². The lowest BCUT2D eigenvalue weighted by atomic mass is 10.1. The van der Waals surface area contributed by atoms with E-state index in [2.05, 4.69) is 15.5 Å². The van der Waals surface area contributed by atoms with E-state index >= 15 is 0 Å². The average molecular weight is 330 g/mol. The topological polar surface area (TPSA) is 80.5 Å². The van der Waals surface area contributed by atoms with E-state index in [1.807, 2.05) is 35.2 Å². The molecule has 0 bridgehead atoms. The zero-order valence-electron chi connectivity index (χ0n) is 13.8. The Morgan fingerprint density at radius 1 is 1.33 bits per heavy atom. The number of piperidine rings is 1. The Morgan fingerprint density at radius 3 is 2.79 bits per heavy atom. The van der Waals surface area contributed by atoms with Crippen LogP contribution in [0.2, 0.25) is 0 Å². The molecule has 1 fully saturated rings. The summed E-state index contributed by atoms with van der Waals surface area (Å²) in [5.74, 6) is 1.18. The van der Waals surface area contributed by atoms with Gasteiger partial charge in [-0.05, 0) is 25.0 Å². The van der Waals surface area contributed by atoms with Crippen LogP contribution in [0.1, 0.15) is 18.7 Å². The lowest BCUT2D eigenvalue weighted by Gasteiger charge is -2.31. The fourth-order valence-corrected chi connectivity index (χ4v) is 2.75. The van der Waals surface area contributed by atoms with Crippen LogP contribution in [0.25, 0.3) is 11.5 Å². The summed E-state index contributed by atoms with van der Waals surface area (Å²) in [5.41, 5.74) is 0.916. The number of amides is 2. The molecule has 3 rings (SSSR count). The molecule has 0 atom stereocenters. The summed E-state index contributed by atoms with van der Waals surface area (Å²) in [6.45, 7) is 2.01. The Kier molecular flexibility index (Phi) is 5.43. The smallest absolute Gasteiger partial charge is 0.317 e. The maximum Gasteiger partial charge on any atom is 0.317 e. The Balaban J connectivity index is 1.41. The van der Waals surface area contributed by atoms with Gasteiger partial charge in [0.05, 0.1) is 12.7 Å². The number of nitrogens with zero attached hydrogens (tertiary/aromatic N) is 3. The second-order valence-corrected chi connectivity index (χ2v) is 5.74. The molecule has 24 heavy (non-hydrogen) atoms. The fourth-order valence-electron chi connectivity index (χ4n) is 2.75. The van der Waals surface area contributed by atoms with Gasteiger partial charge in [0, 0.05) is 32.1 Å². The molecule has 1 aliphatic rings. The first kappa shape index (κ1) is 16.4. The van der Waals surface area contributed by atoms with E-state index in [0.29, 0.717) is 24.7 Å². The first-order valence-electron chi connectivity index (χ1n) is 8.22. The van der Waals surface area contributed by atoms with Gasteiger partial charge in [-0.2, -0.15) is 4.98 Å². The number of nitrogens with one attached hydrogen (secondary N) is 1. The lowest BCUT2D eigenvalue weighted by Crippen LogP contribution is -2.44. The van der Waals surface area contributed by atoms with Crippen molar-refractivity contribution < 1.29 is 14.1 Å². The minimum atomic E-state index is -0.0197. The number of hydrogen-bond acceptors (Lipinski definition) is 5. The number of carbonyl (C=O) groups excluding carboxylic acids is 1. The Bertz CT molecular complexity index is 651. The molecule has 2 amide bonds. The predicted molar refractivity (Wildman–Crippen MR) is 88.4 cm³/mol. The second kappa shape index (κ2) is 7.92. The number of aromatic nitrogens is 2. The molecule has 1 saturated heterocycles. The molecule has 1 aromatic carbocycles. The summed E-state index contributed by atoms with van der Waals surface area (Å²) in [7, 11) is 1.65. The van der Waals surface area contributed by atoms with Gasteiger partial charge in [0.25, 0.3) is 5.89 Å². The summed E-state index contributed by atoms with van der Waals surface area (Å²) in [6, 6.07) is 9.68. The number of ether oxygens (including phenoxy) is 1. The van der Waals surface area contributed by atoms with Gasteiger partial charge in [-0.1, -0.05) is 23.4 Å². The molecular formula is C17H22N4O3. The molecule has 0 aliphatic carbocycles. The summed E-state index contributed by atoms with van der Waals surface area (Å²) >= 11 is 0. The zero-order chi connectivity index (χ0) is 16.8. The third-order valence-corrected chi connectivity index (χ3v) is 4.11. The highest BCUT2D eigenvalue weighted by atomic mass is 16.5. The van der Waals surface area contributed by atoms with Crippen molar-refractivity contribution in [3.8, 4) is 11.5 Å². The summed E-state index contributed by atoms with van der Waals surface area (Å²) in [6.07, 6.45) is 2.52. The summed E-state index contributed by atoms with van der Waals surface area (Å²) in [5, 5.41) is 6.64. The Labute approximate surface area is 141 Å². The van der Waals surface area contributed by atoms with E-state index in [4.69, 9.17) is 9.26 Å². The van der Waals surface area contributed by atoms with Crippen LogP contribution in [0.3, 0.4) is 0 Å². The number of rotatable bonds is 5. The number of benzene rings is 1. The van der Waals surface area contributed by atoms with Crippen molar-refractivity contribution in [2.45, 2.75) is 25.4 Å². The number of likely N-dealkylation sites (tertiary alicyclic amines) is 1. The molecule has 7 nitrogen and oxygen atoms in total. The van der Waals surface area contributed by atoms with E-state index in [0.717, 1.165) is 31.5 Å². The average Bonchev–Trinajstić information content (AvgIpc) is 3.11. The highest BCUT2D eigenvalue weighted by Crippen LogP contribution is 2.17. The predicted octanol–water partition coefficient (Wildman–Crippen LogP) is 2.10. The Hall–Kier alpha value is -2.41. The molecule has 128 valence electrons. The first-order valence-corrected chi connectivity index (χ1v) is 8.22. The van der Waals surface area contributed by atoms with Gasteiger partial charge in [-0.25, -0.2) is 4.79 Å². The van der Waals surface area contributed by atoms with Crippen LogP contribution >= 0.6 is 0 Å². The van der Waals surface area contributed by atoms with E-state index in [9.17, 15) is 4.79 Å². The molecular weight excluding hydrogens is 308 g/mol. The standard InChI is InChI=1S/C17H22N4O3/c1-18-17(22)21-10-7-14(8-11-21)23-12-9-15-19-16(24-20-15)13-5-3-2-4-6-13/h2-6,14H,7-12H2,1H3,(H,18,22). The normalized spacial score (nSPS) is 15.5. The van der Waals surface area contributed by atoms with Crippen LogP contribution in [0.15, 0.2) is 34.9 Å². The van der Waals surface area contributed by atoms with Crippen LogP contribution in [0.4, 0.5) is 4.79 Å². The molecule has 1 aromatic heterocycles. The molecule has 2 aromatic rings. The molecule has 7 heteroatoms. The van der Waals surface area contributed by atoms with Crippen molar-refractivity contribution in [3.05, 3.63) is 36.2 Å². The second-order valence-electron chi connectivity index (χ2n) is 5.74. The van der Waals surface area contributed by atoms with Crippen molar-refractivity contribution in [1.29, 1.82) is 0 Å². The minimum absolute atomic E-state index is 0.0197. The maximum absolute atomic E-state index is 11.5. The molecule has 1 aliphatic heterocycles. The van der Waals surface area contributed by atoms with Gasteiger partial charge in [0.2, 0.25) is 0 Å². The minimum Gasteiger partial charge on any atom is -0.378 e. The van der Waals surface area contributed by atoms with E-state index in [1.54, 1.807) is 7.05 Å². The summed E-state index contributed by atoms with van der Waals surface area (Å²) < 4.78 is 11.2. The molecule has 0 unspecified atom stereocenters. The molecule has 1 N–H and O–H groups in total. The Morgan fingerprint density at radius 2 is 2.08 bits per heavy atom. The number of urea groups is 1. The van der Waals surface area contributed by atoms with Gasteiger partial charge in [0.15, 0.2) is 5.82 Å². The van der Waals surface area contributed by atoms with E-state index < -0.39 is 0 Å². The third-order valence-electron chi connectivity index (χ3n) is 4.11. The zero-order valence-corrected chi connectivity index (χ0v) is 13.8. The molecule has 2 heterocycles. The van der Waals surface area contributed by atoms with Crippen molar-refractivity contribution in [2.75, 3.05) is 26.7 Å². The SMILES string of the molecule is CNC(=O)N1CCC(OCCc2noc(-c3ccccc3)n2)CC1. The van der Waals surface area contributed by atoms with Crippen LogP contribution in [0, 0.1) is 0 Å². The largest absolute Gasteiger partial charge is 0.378 e. The van der Waals surface area contributed by atoms with E-state index in [-0.39, 0.29) is 12.1 Å². The molecule has 0 saturated carbocycles. The van der Waals surface area contributed by atoms with Crippen molar-refractivity contribution in [2.24, 2.45) is 0 Å². The monoisotopic (exact) mass is 330 g/mol. The highest BCUT2D eigenvalue weighted by Gasteiger charge is 2.22. The van der Waals surface area contributed by atoms with Crippen LogP contribution in [-0.4, -0.2) is 53.9 Å². The van der Waals surface area contributed by atoms with E-state index in [1.165, 1.54) is 0 Å². The summed E-state index contributed by atoms with van der Waals surface area (Å²) in [4.78, 5) is 17.7. The maximum atomic E-state index is 11.5. The van der Waals surface area contributed by atoms with Gasteiger partial charge < -0.3 is 19.5 Å². The number of hydrogen-bond donors (Lipinski definition) is 1. The first-order chi connectivity index (χ1) is 11.8. The molecule has 0 radical (unpaired) electrons. The van der Waals surface area contributed by atoms with Crippen molar-refractivity contribution in [3.63, 3.8) is 0 Å². The fraction of sp³-hybridized carbons (Fsp3) is 0.471. The highest BCUT2D eigenvalue weighted by molar-refractivity contribution is 5.73. The van der Waals surface area contributed by atoms with Crippen molar-refractivity contribution >= 4 is 6.03 Å². The van der Waals surface area contributed by atoms with Gasteiger partial charge in [-0.3, -0.25) is 0 Å². The van der Waals surface area contributed by atoms with Crippen LogP contribution < -0.4 is 5.32 Å². The number of carbonyl (C=O) groups is 1. The molecule has 0 spiro atoms. The third kappa shape index (κ3) is 4.11. The quantitative estimate of drug-likeness (QED) is 0.908. The van der Waals surface area contributed by atoms with Gasteiger partial charge in [0.1, 0.15) is 0 Å². The van der Waals surface area contributed by atoms with Gasteiger partial charge in [-0.15, -0.1) is 0 Å². The van der Waals surface area contributed by atoms with Crippen LogP contribution in [-0.2, 0) is 11.2 Å².